The standard InChI is InChI=1S/C17H20N4O3S/c22-12-11-19-7-9-20(10-8-19)15-3-1-14(2-4-15)18-13-16-5-6-17(25-16)21(23)24/h1-6,13,22H,7-12H2. The molecule has 2 heterocycles. The van der Waals surface area contributed by atoms with Crippen LogP contribution in [0.2, 0.25) is 0 Å². The summed E-state index contributed by atoms with van der Waals surface area (Å²) in [5.41, 5.74) is 1.98. The van der Waals surface area contributed by atoms with Crippen LogP contribution < -0.4 is 4.90 Å². The number of aliphatic hydroxyl groups is 1. The molecule has 0 spiro atoms. The van der Waals surface area contributed by atoms with Crippen molar-refractivity contribution in [2.45, 2.75) is 0 Å². The van der Waals surface area contributed by atoms with Crippen LogP contribution >= 0.6 is 11.3 Å². The Morgan fingerprint density at radius 1 is 1.16 bits per heavy atom. The Kier molecular flexibility index (Phi) is 5.75. The van der Waals surface area contributed by atoms with Gasteiger partial charge in [-0.3, -0.25) is 20.0 Å². The van der Waals surface area contributed by atoms with Gasteiger partial charge in [-0.1, -0.05) is 11.3 Å². The molecular formula is C17H20N4O3S. The van der Waals surface area contributed by atoms with E-state index in [4.69, 9.17) is 5.11 Å². The Morgan fingerprint density at radius 2 is 1.88 bits per heavy atom. The Hall–Kier alpha value is -2.29. The lowest BCUT2D eigenvalue weighted by Crippen LogP contribution is -2.47. The van der Waals surface area contributed by atoms with Crippen LogP contribution in [0, 0.1) is 10.1 Å². The second kappa shape index (κ2) is 8.19. The van der Waals surface area contributed by atoms with E-state index in [9.17, 15) is 10.1 Å². The largest absolute Gasteiger partial charge is 0.395 e. The van der Waals surface area contributed by atoms with Crippen molar-refractivity contribution in [1.82, 2.24) is 4.90 Å². The van der Waals surface area contributed by atoms with Crippen LogP contribution in [-0.4, -0.2) is 60.5 Å². The third kappa shape index (κ3) is 4.62. The molecule has 1 aliphatic heterocycles. The van der Waals surface area contributed by atoms with Crippen molar-refractivity contribution in [3.8, 4) is 0 Å². The maximum absolute atomic E-state index is 10.7. The molecule has 0 bridgehead atoms. The van der Waals surface area contributed by atoms with E-state index in [1.165, 1.54) is 6.07 Å². The fraction of sp³-hybridized carbons (Fsp3) is 0.353. The number of aliphatic imine (C=N–C) groups is 1. The zero-order valence-electron chi connectivity index (χ0n) is 13.7. The Balaban J connectivity index is 1.58. The normalized spacial score (nSPS) is 15.8. The number of hydrogen-bond donors (Lipinski definition) is 1. The van der Waals surface area contributed by atoms with Crippen LogP contribution in [0.25, 0.3) is 0 Å². The number of piperazine rings is 1. The van der Waals surface area contributed by atoms with Crippen molar-refractivity contribution in [2.75, 3.05) is 44.2 Å². The molecule has 0 aliphatic carbocycles. The van der Waals surface area contributed by atoms with Gasteiger partial charge in [0.2, 0.25) is 0 Å². The van der Waals surface area contributed by atoms with Crippen molar-refractivity contribution in [3.05, 3.63) is 51.4 Å². The highest BCUT2D eigenvalue weighted by Gasteiger charge is 2.16. The smallest absolute Gasteiger partial charge is 0.324 e. The number of anilines is 1. The second-order valence-electron chi connectivity index (χ2n) is 5.76. The van der Waals surface area contributed by atoms with Crippen molar-refractivity contribution < 1.29 is 10.0 Å². The molecule has 1 aliphatic rings. The lowest BCUT2D eigenvalue weighted by atomic mass is 10.2. The first-order valence-electron chi connectivity index (χ1n) is 8.12. The number of aliphatic hydroxyl groups excluding tert-OH is 1. The first-order valence-corrected chi connectivity index (χ1v) is 8.94. The van der Waals surface area contributed by atoms with Gasteiger partial charge in [0, 0.05) is 50.7 Å². The molecule has 1 aromatic carbocycles. The second-order valence-corrected chi connectivity index (χ2v) is 6.85. The molecule has 0 amide bonds. The number of β-amino-alcohol motifs (C(OH)–C–C–N with tert-alkyl or cyclic N) is 1. The van der Waals surface area contributed by atoms with Crippen LogP contribution in [0.4, 0.5) is 16.4 Å². The summed E-state index contributed by atoms with van der Waals surface area (Å²) in [6, 6.07) is 11.2. The van der Waals surface area contributed by atoms with Gasteiger partial charge in [-0.15, -0.1) is 0 Å². The average molecular weight is 360 g/mol. The van der Waals surface area contributed by atoms with Crippen LogP contribution in [-0.2, 0) is 0 Å². The summed E-state index contributed by atoms with van der Waals surface area (Å²) in [6.45, 7) is 4.75. The topological polar surface area (TPSA) is 82.2 Å². The molecule has 8 heteroatoms. The Morgan fingerprint density at radius 3 is 2.48 bits per heavy atom. The van der Waals surface area contributed by atoms with Gasteiger partial charge in [-0.05, 0) is 30.3 Å². The molecule has 132 valence electrons. The number of nitro groups is 1. The summed E-state index contributed by atoms with van der Waals surface area (Å²) in [4.78, 5) is 20.0. The van der Waals surface area contributed by atoms with Crippen LogP contribution in [0.15, 0.2) is 41.4 Å². The summed E-state index contributed by atoms with van der Waals surface area (Å²) >= 11 is 1.11. The van der Waals surface area contributed by atoms with Crippen LogP contribution in [0.5, 0.6) is 0 Å². The highest BCUT2D eigenvalue weighted by molar-refractivity contribution is 7.16. The summed E-state index contributed by atoms with van der Waals surface area (Å²) in [7, 11) is 0. The molecule has 0 atom stereocenters. The molecule has 25 heavy (non-hydrogen) atoms. The van der Waals surface area contributed by atoms with Gasteiger partial charge in [0.1, 0.15) is 0 Å². The first-order chi connectivity index (χ1) is 12.2. The van der Waals surface area contributed by atoms with Gasteiger partial charge in [0.15, 0.2) is 0 Å². The van der Waals surface area contributed by atoms with Crippen molar-refractivity contribution in [2.24, 2.45) is 4.99 Å². The molecule has 2 aromatic rings. The fourth-order valence-corrected chi connectivity index (χ4v) is 3.46. The maximum atomic E-state index is 10.7. The zero-order chi connectivity index (χ0) is 17.6. The quantitative estimate of drug-likeness (QED) is 0.486. The SMILES string of the molecule is O=[N+]([O-])c1ccc(C=Nc2ccc(N3CCN(CCO)CC3)cc2)s1. The summed E-state index contributed by atoms with van der Waals surface area (Å²) in [5, 5.41) is 19.8. The van der Waals surface area contributed by atoms with Crippen LogP contribution in [0.1, 0.15) is 4.88 Å². The third-order valence-electron chi connectivity index (χ3n) is 4.14. The lowest BCUT2D eigenvalue weighted by molar-refractivity contribution is -0.380. The Bertz CT molecular complexity index is 737. The van der Waals surface area contributed by atoms with E-state index in [1.54, 1.807) is 12.3 Å². The highest BCUT2D eigenvalue weighted by Crippen LogP contribution is 2.24. The van der Waals surface area contributed by atoms with Crippen molar-refractivity contribution in [3.63, 3.8) is 0 Å². The molecule has 1 N–H and O–H groups in total. The predicted molar refractivity (Wildman–Crippen MR) is 100 cm³/mol. The molecule has 0 saturated carbocycles. The van der Waals surface area contributed by atoms with Crippen LogP contribution in [0.3, 0.4) is 0 Å². The number of hydrogen-bond acceptors (Lipinski definition) is 7. The van der Waals surface area contributed by atoms with E-state index in [2.05, 4.69) is 14.8 Å². The molecule has 3 rings (SSSR count). The molecule has 7 nitrogen and oxygen atoms in total. The van der Waals surface area contributed by atoms with Gasteiger partial charge >= 0.3 is 5.00 Å². The summed E-state index contributed by atoms with van der Waals surface area (Å²) in [6.07, 6.45) is 1.65. The van der Waals surface area contributed by atoms with Gasteiger partial charge in [0.05, 0.1) is 22.1 Å². The van der Waals surface area contributed by atoms with Gasteiger partial charge in [-0.25, -0.2) is 0 Å². The van der Waals surface area contributed by atoms with Crippen molar-refractivity contribution >= 4 is 33.9 Å². The van der Waals surface area contributed by atoms with E-state index in [0.717, 1.165) is 60.3 Å². The molecule has 1 saturated heterocycles. The lowest BCUT2D eigenvalue weighted by Gasteiger charge is -2.35. The summed E-state index contributed by atoms with van der Waals surface area (Å²) in [5.74, 6) is 0. The number of thiophene rings is 1. The molecule has 1 fully saturated rings. The number of nitrogens with zero attached hydrogens (tertiary/aromatic N) is 4. The molecule has 1 aromatic heterocycles. The highest BCUT2D eigenvalue weighted by atomic mass is 32.1. The fourth-order valence-electron chi connectivity index (χ4n) is 2.77. The minimum Gasteiger partial charge on any atom is -0.395 e. The molecule has 0 radical (unpaired) electrons. The average Bonchev–Trinajstić information content (AvgIpc) is 3.11. The Labute approximate surface area is 150 Å². The third-order valence-corrected chi connectivity index (χ3v) is 5.11. The zero-order valence-corrected chi connectivity index (χ0v) is 14.6. The maximum Gasteiger partial charge on any atom is 0.324 e. The van der Waals surface area contributed by atoms with E-state index >= 15 is 0 Å². The summed E-state index contributed by atoms with van der Waals surface area (Å²) < 4.78 is 0. The predicted octanol–water partition coefficient (Wildman–Crippen LogP) is 2.52. The molecular weight excluding hydrogens is 340 g/mol. The van der Waals surface area contributed by atoms with E-state index in [1.807, 2.05) is 24.3 Å². The van der Waals surface area contributed by atoms with E-state index in [-0.39, 0.29) is 11.6 Å². The van der Waals surface area contributed by atoms with Gasteiger partial charge in [-0.2, -0.15) is 0 Å². The van der Waals surface area contributed by atoms with E-state index < -0.39 is 4.92 Å². The van der Waals surface area contributed by atoms with Gasteiger partial charge < -0.3 is 10.0 Å². The van der Waals surface area contributed by atoms with Crippen molar-refractivity contribution in [1.29, 1.82) is 0 Å². The van der Waals surface area contributed by atoms with Gasteiger partial charge in [0.25, 0.3) is 0 Å². The number of benzene rings is 1. The monoisotopic (exact) mass is 360 g/mol. The number of rotatable bonds is 6. The van der Waals surface area contributed by atoms with E-state index in [0.29, 0.717) is 0 Å². The molecule has 0 unspecified atom stereocenters. The first kappa shape index (κ1) is 17.5. The minimum absolute atomic E-state index is 0.122. The minimum atomic E-state index is -0.392.